The van der Waals surface area contributed by atoms with Crippen molar-refractivity contribution in [1.82, 2.24) is 5.32 Å². The van der Waals surface area contributed by atoms with Crippen molar-refractivity contribution in [3.8, 4) is 0 Å². The minimum atomic E-state index is -0.633. The molecule has 104 valence electrons. The first-order chi connectivity index (χ1) is 8.50. The number of amides is 1. The Morgan fingerprint density at radius 2 is 1.72 bits per heavy atom. The Labute approximate surface area is 108 Å². The summed E-state index contributed by atoms with van der Waals surface area (Å²) in [5.74, 6) is -0.698. The van der Waals surface area contributed by atoms with Crippen molar-refractivity contribution in [2.75, 3.05) is 0 Å². The molecular formula is C13H24N2O3. The minimum Gasteiger partial charge on any atom is -0.461 e. The molecule has 0 saturated heterocycles. The van der Waals surface area contributed by atoms with Gasteiger partial charge in [0.25, 0.3) is 0 Å². The summed E-state index contributed by atoms with van der Waals surface area (Å²) >= 11 is 0. The van der Waals surface area contributed by atoms with E-state index in [1.54, 1.807) is 13.8 Å². The summed E-state index contributed by atoms with van der Waals surface area (Å²) in [7, 11) is 0. The maximum atomic E-state index is 11.8. The van der Waals surface area contributed by atoms with E-state index in [9.17, 15) is 9.59 Å². The molecule has 1 amide bonds. The number of nitrogens with two attached hydrogens (primary N) is 1. The molecule has 0 bridgehead atoms. The number of hydrogen-bond acceptors (Lipinski definition) is 4. The topological polar surface area (TPSA) is 81.4 Å². The lowest BCUT2D eigenvalue weighted by atomic mass is 10.1. The first-order valence-corrected chi connectivity index (χ1v) is 6.77. The maximum Gasteiger partial charge on any atom is 0.328 e. The van der Waals surface area contributed by atoms with Crippen LogP contribution in [0.2, 0.25) is 0 Å². The van der Waals surface area contributed by atoms with Gasteiger partial charge in [-0.05, 0) is 39.5 Å². The molecule has 18 heavy (non-hydrogen) atoms. The lowest BCUT2D eigenvalue weighted by Gasteiger charge is -2.19. The van der Waals surface area contributed by atoms with E-state index in [1.807, 2.05) is 0 Å². The molecule has 1 saturated carbocycles. The van der Waals surface area contributed by atoms with E-state index >= 15 is 0 Å². The Bertz CT molecular complexity index is 284. The van der Waals surface area contributed by atoms with Crippen molar-refractivity contribution in [2.24, 2.45) is 5.73 Å². The highest BCUT2D eigenvalue weighted by molar-refractivity contribution is 5.86. The Morgan fingerprint density at radius 3 is 2.22 bits per heavy atom. The number of carbonyl (C=O) groups is 2. The van der Waals surface area contributed by atoms with Crippen LogP contribution in [0.1, 0.15) is 52.4 Å². The standard InChI is InChI=1S/C13H24N2O3/c1-9(14)12(16)15-10(2)13(17)18-11-7-5-3-4-6-8-11/h9-11H,3-8,14H2,1-2H3,(H,15,16)/t9-,10-/m1/s1. The first kappa shape index (κ1) is 15.0. The van der Waals surface area contributed by atoms with E-state index in [-0.39, 0.29) is 18.0 Å². The second-order valence-electron chi connectivity index (χ2n) is 5.07. The molecule has 5 heteroatoms. The fourth-order valence-corrected chi connectivity index (χ4v) is 2.03. The normalized spacial score (nSPS) is 20.6. The minimum absolute atomic E-state index is 0.00894. The van der Waals surface area contributed by atoms with Crippen LogP contribution in [0, 0.1) is 0 Å². The molecule has 1 rings (SSSR count). The molecule has 0 spiro atoms. The molecule has 1 aliphatic rings. The zero-order valence-corrected chi connectivity index (χ0v) is 11.3. The van der Waals surface area contributed by atoms with Crippen LogP contribution >= 0.6 is 0 Å². The van der Waals surface area contributed by atoms with E-state index in [1.165, 1.54) is 12.8 Å². The third kappa shape index (κ3) is 5.04. The highest BCUT2D eigenvalue weighted by atomic mass is 16.5. The van der Waals surface area contributed by atoms with E-state index < -0.39 is 12.1 Å². The molecule has 0 aliphatic heterocycles. The third-order valence-electron chi connectivity index (χ3n) is 3.21. The fourth-order valence-electron chi connectivity index (χ4n) is 2.03. The summed E-state index contributed by atoms with van der Waals surface area (Å²) in [6, 6.07) is -1.25. The number of hydrogen-bond donors (Lipinski definition) is 2. The predicted octanol–water partition coefficient (Wildman–Crippen LogP) is 1.10. The molecule has 0 heterocycles. The first-order valence-electron chi connectivity index (χ1n) is 6.77. The molecule has 1 fully saturated rings. The zero-order valence-electron chi connectivity index (χ0n) is 11.3. The third-order valence-corrected chi connectivity index (χ3v) is 3.21. The summed E-state index contributed by atoms with van der Waals surface area (Å²) in [6.45, 7) is 3.21. The molecular weight excluding hydrogens is 232 g/mol. The second-order valence-corrected chi connectivity index (χ2v) is 5.07. The van der Waals surface area contributed by atoms with Crippen molar-refractivity contribution in [2.45, 2.75) is 70.6 Å². The fraction of sp³-hybridized carbons (Fsp3) is 0.846. The van der Waals surface area contributed by atoms with E-state index in [0.717, 1.165) is 25.7 Å². The Kier molecular flexibility index (Phi) is 6.12. The maximum absolute atomic E-state index is 11.8. The Morgan fingerprint density at radius 1 is 1.17 bits per heavy atom. The highest BCUT2D eigenvalue weighted by Gasteiger charge is 2.22. The lowest BCUT2D eigenvalue weighted by molar-refractivity contribution is -0.153. The molecule has 2 atom stereocenters. The van der Waals surface area contributed by atoms with Gasteiger partial charge in [0.2, 0.25) is 5.91 Å². The summed E-state index contributed by atoms with van der Waals surface area (Å²) in [6.07, 6.45) is 6.52. The summed E-state index contributed by atoms with van der Waals surface area (Å²) in [5, 5.41) is 2.55. The van der Waals surface area contributed by atoms with Crippen molar-refractivity contribution in [3.05, 3.63) is 0 Å². The van der Waals surface area contributed by atoms with Crippen LogP contribution in [-0.4, -0.2) is 30.1 Å². The van der Waals surface area contributed by atoms with E-state index in [2.05, 4.69) is 5.32 Å². The van der Waals surface area contributed by atoms with Gasteiger partial charge in [0.05, 0.1) is 6.04 Å². The molecule has 0 aromatic carbocycles. The van der Waals surface area contributed by atoms with Gasteiger partial charge >= 0.3 is 5.97 Å². The smallest absolute Gasteiger partial charge is 0.328 e. The van der Waals surface area contributed by atoms with Gasteiger partial charge in [-0.25, -0.2) is 4.79 Å². The summed E-state index contributed by atoms with van der Waals surface area (Å²) < 4.78 is 5.42. The van der Waals surface area contributed by atoms with Crippen molar-refractivity contribution in [3.63, 3.8) is 0 Å². The van der Waals surface area contributed by atoms with Gasteiger partial charge in [0.1, 0.15) is 12.1 Å². The monoisotopic (exact) mass is 256 g/mol. The van der Waals surface area contributed by atoms with Crippen LogP contribution in [0.3, 0.4) is 0 Å². The van der Waals surface area contributed by atoms with Gasteiger partial charge in [-0.15, -0.1) is 0 Å². The number of nitrogens with one attached hydrogen (secondary N) is 1. The van der Waals surface area contributed by atoms with Crippen LogP contribution in [-0.2, 0) is 14.3 Å². The van der Waals surface area contributed by atoms with E-state index in [4.69, 9.17) is 10.5 Å². The zero-order chi connectivity index (χ0) is 13.5. The van der Waals surface area contributed by atoms with Gasteiger partial charge in [0, 0.05) is 0 Å². The highest BCUT2D eigenvalue weighted by Crippen LogP contribution is 2.20. The molecule has 0 radical (unpaired) electrons. The quantitative estimate of drug-likeness (QED) is 0.583. The summed E-state index contributed by atoms with van der Waals surface area (Å²) in [4.78, 5) is 23.2. The van der Waals surface area contributed by atoms with Gasteiger partial charge in [0.15, 0.2) is 0 Å². The molecule has 3 N–H and O–H groups in total. The molecule has 0 aromatic heterocycles. The largest absolute Gasteiger partial charge is 0.461 e. The number of ether oxygens (including phenoxy) is 1. The lowest BCUT2D eigenvalue weighted by Crippen LogP contribution is -2.47. The number of esters is 1. The number of carbonyl (C=O) groups excluding carboxylic acids is 2. The average molecular weight is 256 g/mol. The van der Waals surface area contributed by atoms with Gasteiger partial charge < -0.3 is 15.8 Å². The van der Waals surface area contributed by atoms with Crippen LogP contribution in [0.25, 0.3) is 0 Å². The molecule has 0 aromatic rings. The van der Waals surface area contributed by atoms with Gasteiger partial charge in [-0.3, -0.25) is 4.79 Å². The molecule has 5 nitrogen and oxygen atoms in total. The average Bonchev–Trinajstić information content (AvgIpc) is 2.57. The predicted molar refractivity (Wildman–Crippen MR) is 68.8 cm³/mol. The van der Waals surface area contributed by atoms with Crippen molar-refractivity contribution >= 4 is 11.9 Å². The Hall–Kier alpha value is -1.10. The van der Waals surface area contributed by atoms with E-state index in [0.29, 0.717) is 0 Å². The van der Waals surface area contributed by atoms with Crippen LogP contribution in [0.4, 0.5) is 0 Å². The SMILES string of the molecule is C[C@@H](N)C(=O)N[C@H](C)C(=O)OC1CCCCCC1. The van der Waals surface area contributed by atoms with Crippen molar-refractivity contribution in [1.29, 1.82) is 0 Å². The van der Waals surface area contributed by atoms with Crippen LogP contribution in [0.15, 0.2) is 0 Å². The van der Waals surface area contributed by atoms with Crippen molar-refractivity contribution < 1.29 is 14.3 Å². The molecule has 0 unspecified atom stereocenters. The molecule has 1 aliphatic carbocycles. The number of rotatable bonds is 4. The van der Waals surface area contributed by atoms with Gasteiger partial charge in [-0.1, -0.05) is 12.8 Å². The van der Waals surface area contributed by atoms with Crippen LogP contribution in [0.5, 0.6) is 0 Å². The summed E-state index contributed by atoms with van der Waals surface area (Å²) in [5.41, 5.74) is 5.43. The second kappa shape index (κ2) is 7.36. The van der Waals surface area contributed by atoms with Gasteiger partial charge in [-0.2, -0.15) is 0 Å². The Balaban J connectivity index is 2.36. The van der Waals surface area contributed by atoms with Crippen LogP contribution < -0.4 is 11.1 Å².